The number of alkyl halides is 1. The van der Waals surface area contributed by atoms with Gasteiger partial charge in [0.2, 0.25) is 0 Å². The standard InChI is InChI=1S/C16H17BrO3/c1-18-14-6-8-16(9-7-14)20-12-13-2-4-15(5-3-13)19-11-10-17/h2-9H,10-12H2,1H3. The van der Waals surface area contributed by atoms with Crippen LogP contribution < -0.4 is 14.2 Å². The van der Waals surface area contributed by atoms with Crippen LogP contribution in [-0.2, 0) is 6.61 Å². The lowest BCUT2D eigenvalue weighted by Gasteiger charge is -2.08. The predicted octanol–water partition coefficient (Wildman–Crippen LogP) is 4.05. The van der Waals surface area contributed by atoms with Crippen molar-refractivity contribution in [2.75, 3.05) is 19.0 Å². The van der Waals surface area contributed by atoms with Crippen molar-refractivity contribution in [3.8, 4) is 17.2 Å². The molecule has 0 spiro atoms. The average Bonchev–Trinajstić information content (AvgIpc) is 2.52. The highest BCUT2D eigenvalue weighted by atomic mass is 79.9. The molecular weight excluding hydrogens is 320 g/mol. The quantitative estimate of drug-likeness (QED) is 0.714. The van der Waals surface area contributed by atoms with E-state index in [0.717, 1.165) is 28.1 Å². The second-order valence-corrected chi connectivity index (χ2v) is 4.94. The summed E-state index contributed by atoms with van der Waals surface area (Å²) in [6.07, 6.45) is 0. The summed E-state index contributed by atoms with van der Waals surface area (Å²) in [5.74, 6) is 2.52. The monoisotopic (exact) mass is 336 g/mol. The van der Waals surface area contributed by atoms with Crippen LogP contribution in [0.5, 0.6) is 17.2 Å². The molecule has 0 aliphatic heterocycles. The molecule has 0 bridgehead atoms. The summed E-state index contributed by atoms with van der Waals surface area (Å²) in [4.78, 5) is 0. The molecule has 0 amide bonds. The van der Waals surface area contributed by atoms with Crippen LogP contribution in [0.2, 0.25) is 0 Å². The first kappa shape index (κ1) is 14.7. The zero-order chi connectivity index (χ0) is 14.2. The molecule has 2 aromatic carbocycles. The van der Waals surface area contributed by atoms with Crippen molar-refractivity contribution >= 4 is 15.9 Å². The number of ether oxygens (including phenoxy) is 3. The van der Waals surface area contributed by atoms with Gasteiger partial charge in [-0.15, -0.1) is 0 Å². The fraction of sp³-hybridized carbons (Fsp3) is 0.250. The van der Waals surface area contributed by atoms with Crippen LogP contribution in [0.15, 0.2) is 48.5 Å². The van der Waals surface area contributed by atoms with Crippen LogP contribution in [-0.4, -0.2) is 19.0 Å². The van der Waals surface area contributed by atoms with E-state index in [4.69, 9.17) is 14.2 Å². The maximum Gasteiger partial charge on any atom is 0.120 e. The number of benzene rings is 2. The van der Waals surface area contributed by atoms with Crippen LogP contribution in [0.4, 0.5) is 0 Å². The molecule has 0 unspecified atom stereocenters. The van der Waals surface area contributed by atoms with Gasteiger partial charge in [0.1, 0.15) is 23.9 Å². The summed E-state index contributed by atoms with van der Waals surface area (Å²) in [6, 6.07) is 15.5. The Hall–Kier alpha value is -1.68. The Bertz CT molecular complexity index is 508. The lowest BCUT2D eigenvalue weighted by atomic mass is 10.2. The van der Waals surface area contributed by atoms with Crippen molar-refractivity contribution < 1.29 is 14.2 Å². The summed E-state index contributed by atoms with van der Waals surface area (Å²) in [5, 5.41) is 0.829. The molecule has 0 aromatic heterocycles. The first-order chi connectivity index (χ1) is 9.81. The lowest BCUT2D eigenvalue weighted by Crippen LogP contribution is -1.99. The minimum absolute atomic E-state index is 0.533. The lowest BCUT2D eigenvalue weighted by molar-refractivity contribution is 0.304. The van der Waals surface area contributed by atoms with Crippen molar-refractivity contribution in [2.45, 2.75) is 6.61 Å². The van der Waals surface area contributed by atoms with Gasteiger partial charge in [-0.25, -0.2) is 0 Å². The van der Waals surface area contributed by atoms with E-state index >= 15 is 0 Å². The third-order valence-corrected chi connectivity index (χ3v) is 3.06. The number of hydrogen-bond acceptors (Lipinski definition) is 3. The molecule has 0 saturated heterocycles. The van der Waals surface area contributed by atoms with Gasteiger partial charge in [-0.2, -0.15) is 0 Å². The van der Waals surface area contributed by atoms with Crippen LogP contribution in [0.25, 0.3) is 0 Å². The summed E-state index contributed by atoms with van der Waals surface area (Å²) < 4.78 is 16.3. The molecule has 0 aliphatic rings. The fourth-order valence-corrected chi connectivity index (χ4v) is 1.84. The fourth-order valence-electron chi connectivity index (χ4n) is 1.68. The largest absolute Gasteiger partial charge is 0.497 e. The maximum atomic E-state index is 5.71. The molecule has 0 atom stereocenters. The van der Waals surface area contributed by atoms with E-state index in [2.05, 4.69) is 15.9 Å². The Morgan fingerprint density at radius 1 is 0.800 bits per heavy atom. The molecule has 0 N–H and O–H groups in total. The number of methoxy groups -OCH3 is 1. The van der Waals surface area contributed by atoms with Gasteiger partial charge in [-0.1, -0.05) is 28.1 Å². The van der Waals surface area contributed by atoms with Gasteiger partial charge in [0, 0.05) is 5.33 Å². The number of hydrogen-bond donors (Lipinski definition) is 0. The van der Waals surface area contributed by atoms with Gasteiger partial charge in [-0.3, -0.25) is 0 Å². The van der Waals surface area contributed by atoms with Gasteiger partial charge in [0.15, 0.2) is 0 Å². The van der Waals surface area contributed by atoms with Crippen molar-refractivity contribution in [3.05, 3.63) is 54.1 Å². The molecule has 0 fully saturated rings. The Labute approximate surface area is 127 Å². The van der Waals surface area contributed by atoms with Gasteiger partial charge in [-0.05, 0) is 42.0 Å². The molecule has 0 saturated carbocycles. The second-order valence-electron chi connectivity index (χ2n) is 4.15. The molecular formula is C16H17BrO3. The maximum absolute atomic E-state index is 5.71. The van der Waals surface area contributed by atoms with Crippen molar-refractivity contribution in [1.29, 1.82) is 0 Å². The molecule has 20 heavy (non-hydrogen) atoms. The average molecular weight is 337 g/mol. The van der Waals surface area contributed by atoms with E-state index < -0.39 is 0 Å². The highest BCUT2D eigenvalue weighted by molar-refractivity contribution is 9.09. The Morgan fingerprint density at radius 3 is 1.95 bits per heavy atom. The molecule has 4 heteroatoms. The van der Waals surface area contributed by atoms with Crippen molar-refractivity contribution in [3.63, 3.8) is 0 Å². The molecule has 2 aromatic rings. The van der Waals surface area contributed by atoms with Gasteiger partial charge in [0.25, 0.3) is 0 Å². The molecule has 3 nitrogen and oxygen atoms in total. The van der Waals surface area contributed by atoms with E-state index in [-0.39, 0.29) is 0 Å². The van der Waals surface area contributed by atoms with Gasteiger partial charge in [0.05, 0.1) is 13.7 Å². The summed E-state index contributed by atoms with van der Waals surface area (Å²) in [6.45, 7) is 1.20. The van der Waals surface area contributed by atoms with Crippen LogP contribution in [0, 0.1) is 0 Å². The highest BCUT2D eigenvalue weighted by Crippen LogP contribution is 2.19. The number of rotatable bonds is 7. The topological polar surface area (TPSA) is 27.7 Å². The molecule has 106 valence electrons. The van der Waals surface area contributed by atoms with Crippen LogP contribution in [0.1, 0.15) is 5.56 Å². The van der Waals surface area contributed by atoms with E-state index in [1.54, 1.807) is 7.11 Å². The van der Waals surface area contributed by atoms with E-state index in [1.807, 2.05) is 48.5 Å². The Morgan fingerprint density at radius 2 is 1.35 bits per heavy atom. The third-order valence-electron chi connectivity index (χ3n) is 2.73. The van der Waals surface area contributed by atoms with E-state index in [1.165, 1.54) is 0 Å². The first-order valence-corrected chi connectivity index (χ1v) is 7.48. The Balaban J connectivity index is 1.86. The summed E-state index contributed by atoms with van der Waals surface area (Å²) in [5.41, 5.74) is 1.10. The Kier molecular flexibility index (Phi) is 5.74. The first-order valence-electron chi connectivity index (χ1n) is 6.36. The van der Waals surface area contributed by atoms with Crippen LogP contribution >= 0.6 is 15.9 Å². The SMILES string of the molecule is COc1ccc(OCc2ccc(OCCBr)cc2)cc1. The van der Waals surface area contributed by atoms with Gasteiger partial charge >= 0.3 is 0 Å². The molecule has 0 radical (unpaired) electrons. The minimum atomic E-state index is 0.533. The van der Waals surface area contributed by atoms with Gasteiger partial charge < -0.3 is 14.2 Å². The molecule has 0 heterocycles. The third kappa shape index (κ3) is 4.46. The zero-order valence-corrected chi connectivity index (χ0v) is 12.9. The van der Waals surface area contributed by atoms with E-state index in [9.17, 15) is 0 Å². The summed E-state index contributed by atoms with van der Waals surface area (Å²) in [7, 11) is 1.65. The molecule has 2 rings (SSSR count). The molecule has 0 aliphatic carbocycles. The predicted molar refractivity (Wildman–Crippen MR) is 83.1 cm³/mol. The zero-order valence-electron chi connectivity index (χ0n) is 11.3. The smallest absolute Gasteiger partial charge is 0.120 e. The minimum Gasteiger partial charge on any atom is -0.497 e. The normalized spacial score (nSPS) is 10.1. The van der Waals surface area contributed by atoms with Crippen molar-refractivity contribution in [1.82, 2.24) is 0 Å². The van der Waals surface area contributed by atoms with Crippen molar-refractivity contribution in [2.24, 2.45) is 0 Å². The summed E-state index contributed by atoms with van der Waals surface area (Å²) >= 11 is 3.33. The van der Waals surface area contributed by atoms with E-state index in [0.29, 0.717) is 13.2 Å². The number of halogens is 1. The van der Waals surface area contributed by atoms with Crippen LogP contribution in [0.3, 0.4) is 0 Å². The highest BCUT2D eigenvalue weighted by Gasteiger charge is 1.98. The second kappa shape index (κ2) is 7.80.